The Labute approximate surface area is 162 Å². The highest BCUT2D eigenvalue weighted by molar-refractivity contribution is 7.90. The summed E-state index contributed by atoms with van der Waals surface area (Å²) >= 11 is 0. The van der Waals surface area contributed by atoms with Crippen molar-refractivity contribution in [3.8, 4) is 0 Å². The SMILES string of the molecule is Cc1ccc(C(CNC(=O)C(N)CCS(C)(=O)=O)N2CCCC2)cc1.Cl. The Morgan fingerprint density at radius 2 is 1.81 bits per heavy atom. The van der Waals surface area contributed by atoms with Crippen LogP contribution in [0.25, 0.3) is 0 Å². The third kappa shape index (κ3) is 7.23. The van der Waals surface area contributed by atoms with E-state index in [4.69, 9.17) is 5.73 Å². The van der Waals surface area contributed by atoms with Gasteiger partial charge in [-0.1, -0.05) is 29.8 Å². The number of amides is 1. The number of nitrogens with two attached hydrogens (primary N) is 1. The molecule has 148 valence electrons. The van der Waals surface area contributed by atoms with Gasteiger partial charge in [0.1, 0.15) is 9.84 Å². The van der Waals surface area contributed by atoms with Crippen molar-refractivity contribution < 1.29 is 13.2 Å². The average Bonchev–Trinajstić information content (AvgIpc) is 3.07. The van der Waals surface area contributed by atoms with Crippen molar-refractivity contribution in [2.24, 2.45) is 5.73 Å². The normalized spacial score (nSPS) is 17.3. The first-order valence-corrected chi connectivity index (χ1v) is 10.8. The van der Waals surface area contributed by atoms with E-state index in [1.54, 1.807) is 0 Å². The molecule has 0 aliphatic carbocycles. The predicted molar refractivity (Wildman–Crippen MR) is 107 cm³/mol. The molecule has 26 heavy (non-hydrogen) atoms. The van der Waals surface area contributed by atoms with Crippen LogP contribution < -0.4 is 11.1 Å². The molecule has 1 saturated heterocycles. The van der Waals surface area contributed by atoms with Crippen molar-refractivity contribution in [1.29, 1.82) is 0 Å². The molecule has 1 heterocycles. The molecule has 6 nitrogen and oxygen atoms in total. The van der Waals surface area contributed by atoms with Gasteiger partial charge in [0.25, 0.3) is 0 Å². The molecule has 1 amide bonds. The lowest BCUT2D eigenvalue weighted by Gasteiger charge is -2.28. The molecule has 1 aliphatic rings. The van der Waals surface area contributed by atoms with E-state index in [2.05, 4.69) is 41.4 Å². The third-order valence-electron chi connectivity index (χ3n) is 4.65. The van der Waals surface area contributed by atoms with Crippen LogP contribution in [0.3, 0.4) is 0 Å². The topological polar surface area (TPSA) is 92.5 Å². The maximum Gasteiger partial charge on any atom is 0.237 e. The van der Waals surface area contributed by atoms with Gasteiger partial charge in [-0.2, -0.15) is 0 Å². The molecule has 0 aromatic heterocycles. The first-order chi connectivity index (χ1) is 11.8. The standard InChI is InChI=1S/C18H29N3O3S.ClH/c1-14-5-7-15(8-6-14)17(21-10-3-4-11-21)13-20-18(22)16(19)9-12-25(2,23)24;/h5-8,16-17H,3-4,9-13,19H2,1-2H3,(H,20,22);1H. The summed E-state index contributed by atoms with van der Waals surface area (Å²) < 4.78 is 22.4. The van der Waals surface area contributed by atoms with Gasteiger partial charge in [0.15, 0.2) is 0 Å². The Hall–Kier alpha value is -1.15. The molecule has 2 atom stereocenters. The molecular formula is C18H30ClN3O3S. The Morgan fingerprint density at radius 1 is 1.23 bits per heavy atom. The number of likely N-dealkylation sites (tertiary alicyclic amines) is 1. The number of nitrogens with zero attached hydrogens (tertiary/aromatic N) is 1. The van der Waals surface area contributed by atoms with E-state index in [0.717, 1.165) is 19.3 Å². The smallest absolute Gasteiger partial charge is 0.237 e. The number of carbonyl (C=O) groups is 1. The highest BCUT2D eigenvalue weighted by Gasteiger charge is 2.25. The molecule has 2 rings (SSSR count). The molecule has 1 aliphatic heterocycles. The molecule has 3 N–H and O–H groups in total. The maximum atomic E-state index is 12.2. The van der Waals surface area contributed by atoms with E-state index in [9.17, 15) is 13.2 Å². The van der Waals surface area contributed by atoms with Crippen LogP contribution in [-0.2, 0) is 14.6 Å². The summed E-state index contributed by atoms with van der Waals surface area (Å²) in [6.07, 6.45) is 3.64. The molecule has 2 unspecified atom stereocenters. The number of rotatable bonds is 8. The number of hydrogen-bond acceptors (Lipinski definition) is 5. The van der Waals surface area contributed by atoms with E-state index >= 15 is 0 Å². The quantitative estimate of drug-likeness (QED) is 0.685. The van der Waals surface area contributed by atoms with Crippen LogP contribution in [0.2, 0.25) is 0 Å². The lowest BCUT2D eigenvalue weighted by Crippen LogP contribution is -2.45. The van der Waals surface area contributed by atoms with E-state index in [1.165, 1.54) is 24.0 Å². The number of halogens is 1. The van der Waals surface area contributed by atoms with Gasteiger partial charge >= 0.3 is 0 Å². The zero-order chi connectivity index (χ0) is 18.4. The van der Waals surface area contributed by atoms with Gasteiger partial charge in [-0.05, 0) is 44.8 Å². The number of benzene rings is 1. The monoisotopic (exact) mass is 403 g/mol. The molecule has 1 aromatic carbocycles. The molecule has 0 bridgehead atoms. The van der Waals surface area contributed by atoms with Crippen LogP contribution in [0, 0.1) is 6.92 Å². The van der Waals surface area contributed by atoms with Crippen LogP contribution in [-0.4, -0.2) is 56.9 Å². The minimum Gasteiger partial charge on any atom is -0.353 e. The van der Waals surface area contributed by atoms with E-state index < -0.39 is 15.9 Å². The van der Waals surface area contributed by atoms with Gasteiger partial charge in [-0.3, -0.25) is 9.69 Å². The first-order valence-electron chi connectivity index (χ1n) is 8.78. The summed E-state index contributed by atoms with van der Waals surface area (Å²) in [7, 11) is -3.11. The first kappa shape index (κ1) is 22.9. The fourth-order valence-corrected chi connectivity index (χ4v) is 3.78. The second-order valence-electron chi connectivity index (χ2n) is 6.94. The second-order valence-corrected chi connectivity index (χ2v) is 9.20. The minimum atomic E-state index is -3.11. The van der Waals surface area contributed by atoms with Crippen molar-refractivity contribution >= 4 is 28.2 Å². The number of sulfone groups is 1. The van der Waals surface area contributed by atoms with E-state index in [0.29, 0.717) is 6.54 Å². The largest absolute Gasteiger partial charge is 0.353 e. The molecule has 0 spiro atoms. The van der Waals surface area contributed by atoms with Crippen LogP contribution in [0.1, 0.15) is 36.4 Å². The van der Waals surface area contributed by atoms with E-state index in [1.807, 2.05) is 0 Å². The van der Waals surface area contributed by atoms with Gasteiger partial charge in [-0.15, -0.1) is 12.4 Å². The van der Waals surface area contributed by atoms with Gasteiger partial charge in [0.05, 0.1) is 17.8 Å². The van der Waals surface area contributed by atoms with Crippen molar-refractivity contribution in [3.63, 3.8) is 0 Å². The summed E-state index contributed by atoms with van der Waals surface area (Å²) in [6.45, 7) is 4.58. The molecule has 8 heteroatoms. The van der Waals surface area contributed by atoms with Crippen molar-refractivity contribution in [2.45, 2.75) is 38.3 Å². The van der Waals surface area contributed by atoms with Crippen molar-refractivity contribution in [1.82, 2.24) is 10.2 Å². The van der Waals surface area contributed by atoms with Crippen molar-refractivity contribution in [2.75, 3.05) is 31.6 Å². The van der Waals surface area contributed by atoms with E-state index in [-0.39, 0.29) is 36.5 Å². The molecule has 1 fully saturated rings. The zero-order valence-electron chi connectivity index (χ0n) is 15.5. The Kier molecular flexibility index (Phi) is 9.03. The summed E-state index contributed by atoms with van der Waals surface area (Å²) in [5.41, 5.74) is 8.22. The van der Waals surface area contributed by atoms with Crippen LogP contribution in [0.15, 0.2) is 24.3 Å². The van der Waals surface area contributed by atoms with Gasteiger partial charge in [0.2, 0.25) is 5.91 Å². The highest BCUT2D eigenvalue weighted by atomic mass is 35.5. The number of carbonyl (C=O) groups excluding carboxylic acids is 1. The van der Waals surface area contributed by atoms with Crippen molar-refractivity contribution in [3.05, 3.63) is 35.4 Å². The Morgan fingerprint density at radius 3 is 2.35 bits per heavy atom. The summed E-state index contributed by atoms with van der Waals surface area (Å²) in [5, 5.41) is 2.91. The van der Waals surface area contributed by atoms with Crippen LogP contribution in [0.5, 0.6) is 0 Å². The fourth-order valence-electron chi connectivity index (χ4n) is 3.10. The second kappa shape index (κ2) is 10.3. The molecule has 0 radical (unpaired) electrons. The third-order valence-corrected chi connectivity index (χ3v) is 5.63. The van der Waals surface area contributed by atoms with Gasteiger partial charge in [0, 0.05) is 12.8 Å². The molecule has 1 aromatic rings. The minimum absolute atomic E-state index is 0. The van der Waals surface area contributed by atoms with Gasteiger partial charge in [-0.25, -0.2) is 8.42 Å². The maximum absolute atomic E-state index is 12.2. The number of aryl methyl sites for hydroxylation is 1. The summed E-state index contributed by atoms with van der Waals surface area (Å²) in [6, 6.07) is 7.69. The average molecular weight is 404 g/mol. The summed E-state index contributed by atoms with van der Waals surface area (Å²) in [4.78, 5) is 14.6. The Balaban J connectivity index is 0.00000338. The molecular weight excluding hydrogens is 374 g/mol. The molecule has 0 saturated carbocycles. The Bertz CT molecular complexity index is 673. The van der Waals surface area contributed by atoms with Crippen LogP contribution in [0.4, 0.5) is 0 Å². The number of hydrogen-bond donors (Lipinski definition) is 2. The predicted octanol–water partition coefficient (Wildman–Crippen LogP) is 1.43. The number of nitrogens with one attached hydrogen (secondary N) is 1. The fraction of sp³-hybridized carbons (Fsp3) is 0.611. The van der Waals surface area contributed by atoms with Gasteiger partial charge < -0.3 is 11.1 Å². The lowest BCUT2D eigenvalue weighted by molar-refractivity contribution is -0.122. The van der Waals surface area contributed by atoms with Crippen LogP contribution >= 0.6 is 12.4 Å². The highest BCUT2D eigenvalue weighted by Crippen LogP contribution is 2.24. The lowest BCUT2D eigenvalue weighted by atomic mass is 10.0. The summed E-state index contributed by atoms with van der Waals surface area (Å²) in [5.74, 6) is -0.366. The zero-order valence-corrected chi connectivity index (χ0v) is 17.1.